The highest BCUT2D eigenvalue weighted by molar-refractivity contribution is 5.88. The van der Waals surface area contributed by atoms with Crippen LogP contribution in [-0.2, 0) is 0 Å². The Morgan fingerprint density at radius 2 is 1.59 bits per heavy atom. The molecular formula is C13H10N2O2. The molecule has 0 saturated carbocycles. The van der Waals surface area contributed by atoms with E-state index in [-0.39, 0.29) is 5.56 Å². The number of benzene rings is 1. The van der Waals surface area contributed by atoms with Crippen molar-refractivity contribution < 1.29 is 9.90 Å². The Hall–Kier alpha value is -2.49. The molecule has 1 N–H and O–H groups in total. The van der Waals surface area contributed by atoms with Crippen LogP contribution in [0.25, 0.3) is 12.2 Å². The topological polar surface area (TPSA) is 63.1 Å². The summed E-state index contributed by atoms with van der Waals surface area (Å²) in [5, 5.41) is 8.75. The van der Waals surface area contributed by atoms with Gasteiger partial charge in [0.15, 0.2) is 0 Å². The highest BCUT2D eigenvalue weighted by Crippen LogP contribution is 2.08. The van der Waals surface area contributed by atoms with Crippen LogP contribution in [-0.4, -0.2) is 21.0 Å². The first-order valence-corrected chi connectivity index (χ1v) is 5.02. The number of rotatable bonds is 3. The maximum absolute atomic E-state index is 10.7. The van der Waals surface area contributed by atoms with E-state index in [1.165, 1.54) is 6.33 Å². The zero-order valence-corrected chi connectivity index (χ0v) is 8.95. The smallest absolute Gasteiger partial charge is 0.335 e. The summed E-state index contributed by atoms with van der Waals surface area (Å²) in [6, 6.07) is 6.65. The first-order valence-electron chi connectivity index (χ1n) is 5.02. The molecule has 0 aliphatic rings. The van der Waals surface area contributed by atoms with Crippen LogP contribution in [0.4, 0.5) is 0 Å². The van der Waals surface area contributed by atoms with E-state index in [4.69, 9.17) is 5.11 Å². The summed E-state index contributed by atoms with van der Waals surface area (Å²) in [4.78, 5) is 18.4. The molecule has 0 fully saturated rings. The van der Waals surface area contributed by atoms with Crippen LogP contribution in [0.1, 0.15) is 21.5 Å². The van der Waals surface area contributed by atoms with Gasteiger partial charge in [-0.3, -0.25) is 0 Å². The summed E-state index contributed by atoms with van der Waals surface area (Å²) in [7, 11) is 0. The third-order valence-corrected chi connectivity index (χ3v) is 2.21. The van der Waals surface area contributed by atoms with Gasteiger partial charge < -0.3 is 5.11 Å². The van der Waals surface area contributed by atoms with Gasteiger partial charge in [0.2, 0.25) is 0 Å². The Labute approximate surface area is 98.3 Å². The van der Waals surface area contributed by atoms with Crippen molar-refractivity contribution in [1.82, 2.24) is 9.97 Å². The Bertz CT molecular complexity index is 533. The summed E-state index contributed by atoms with van der Waals surface area (Å²) < 4.78 is 0. The molecule has 4 heteroatoms. The second kappa shape index (κ2) is 5.03. The second-order valence-corrected chi connectivity index (χ2v) is 3.43. The maximum Gasteiger partial charge on any atom is 0.335 e. The fourth-order valence-electron chi connectivity index (χ4n) is 1.33. The fraction of sp³-hybridized carbons (Fsp3) is 0. The lowest BCUT2D eigenvalue weighted by molar-refractivity contribution is 0.0697. The van der Waals surface area contributed by atoms with Crippen LogP contribution in [0.2, 0.25) is 0 Å². The average Bonchev–Trinajstić information content (AvgIpc) is 2.38. The van der Waals surface area contributed by atoms with Crippen molar-refractivity contribution in [3.63, 3.8) is 0 Å². The zero-order valence-electron chi connectivity index (χ0n) is 8.95. The van der Waals surface area contributed by atoms with E-state index >= 15 is 0 Å². The average molecular weight is 226 g/mol. The first-order chi connectivity index (χ1) is 8.25. The summed E-state index contributed by atoms with van der Waals surface area (Å²) in [6.07, 6.45) is 8.63. The van der Waals surface area contributed by atoms with Gasteiger partial charge in [-0.1, -0.05) is 24.3 Å². The second-order valence-electron chi connectivity index (χ2n) is 3.43. The number of hydrogen-bond donors (Lipinski definition) is 1. The molecule has 0 atom stereocenters. The normalized spacial score (nSPS) is 10.6. The minimum atomic E-state index is -0.919. The van der Waals surface area contributed by atoms with Gasteiger partial charge >= 0.3 is 5.97 Å². The van der Waals surface area contributed by atoms with Crippen LogP contribution in [0.5, 0.6) is 0 Å². The molecule has 2 aromatic rings. The van der Waals surface area contributed by atoms with Crippen LogP contribution in [0.3, 0.4) is 0 Å². The van der Waals surface area contributed by atoms with Crippen molar-refractivity contribution in [2.75, 3.05) is 0 Å². The third kappa shape index (κ3) is 2.98. The quantitative estimate of drug-likeness (QED) is 0.872. The minimum Gasteiger partial charge on any atom is -0.478 e. The van der Waals surface area contributed by atoms with Gasteiger partial charge in [0.05, 0.1) is 5.56 Å². The highest BCUT2D eigenvalue weighted by Gasteiger charge is 1.99. The van der Waals surface area contributed by atoms with E-state index in [0.717, 1.165) is 11.1 Å². The van der Waals surface area contributed by atoms with E-state index in [0.29, 0.717) is 0 Å². The summed E-state index contributed by atoms with van der Waals surface area (Å²) >= 11 is 0. The third-order valence-electron chi connectivity index (χ3n) is 2.21. The molecule has 0 spiro atoms. The van der Waals surface area contributed by atoms with Crippen LogP contribution in [0.15, 0.2) is 43.0 Å². The van der Waals surface area contributed by atoms with Gasteiger partial charge in [0, 0.05) is 18.0 Å². The van der Waals surface area contributed by atoms with Crippen molar-refractivity contribution >= 4 is 18.1 Å². The lowest BCUT2D eigenvalue weighted by Crippen LogP contribution is -1.94. The predicted molar refractivity (Wildman–Crippen MR) is 64.4 cm³/mol. The molecule has 0 saturated heterocycles. The van der Waals surface area contributed by atoms with Gasteiger partial charge in [-0.05, 0) is 17.7 Å². The fourth-order valence-corrected chi connectivity index (χ4v) is 1.33. The summed E-state index contributed by atoms with van der Waals surface area (Å²) in [5.41, 5.74) is 2.11. The standard InChI is InChI=1S/C13H10N2O2/c16-13(17)12-5-3-10(4-6-12)1-2-11-7-14-9-15-8-11/h1-9H,(H,16,17)/b2-1+. The molecule has 0 aliphatic carbocycles. The van der Waals surface area contributed by atoms with Gasteiger partial charge in [-0.2, -0.15) is 0 Å². The van der Waals surface area contributed by atoms with Gasteiger partial charge in [0.1, 0.15) is 6.33 Å². The summed E-state index contributed by atoms with van der Waals surface area (Å²) in [5.74, 6) is -0.919. The van der Waals surface area contributed by atoms with Gasteiger partial charge in [-0.15, -0.1) is 0 Å². The van der Waals surface area contributed by atoms with Gasteiger partial charge in [0.25, 0.3) is 0 Å². The molecule has 1 heterocycles. The molecular weight excluding hydrogens is 216 g/mol. The first kappa shape index (κ1) is 11.0. The molecule has 0 bridgehead atoms. The molecule has 17 heavy (non-hydrogen) atoms. The minimum absolute atomic E-state index is 0.283. The Morgan fingerprint density at radius 3 is 2.18 bits per heavy atom. The van der Waals surface area contributed by atoms with Crippen LogP contribution < -0.4 is 0 Å². The van der Waals surface area contributed by atoms with E-state index in [2.05, 4.69) is 9.97 Å². The highest BCUT2D eigenvalue weighted by atomic mass is 16.4. The lowest BCUT2D eigenvalue weighted by atomic mass is 10.1. The molecule has 84 valence electrons. The Kier molecular flexibility index (Phi) is 3.25. The largest absolute Gasteiger partial charge is 0.478 e. The molecule has 2 rings (SSSR count). The summed E-state index contributed by atoms with van der Waals surface area (Å²) in [6.45, 7) is 0. The molecule has 1 aromatic heterocycles. The number of carbonyl (C=O) groups is 1. The van der Waals surface area contributed by atoms with Crippen molar-refractivity contribution in [3.8, 4) is 0 Å². The van der Waals surface area contributed by atoms with Crippen molar-refractivity contribution in [3.05, 3.63) is 59.7 Å². The van der Waals surface area contributed by atoms with Crippen LogP contribution in [0, 0.1) is 0 Å². The molecule has 4 nitrogen and oxygen atoms in total. The number of carboxylic acid groups (broad SMARTS) is 1. The molecule has 0 unspecified atom stereocenters. The van der Waals surface area contributed by atoms with E-state index in [1.54, 1.807) is 36.7 Å². The number of nitrogens with zero attached hydrogens (tertiary/aromatic N) is 2. The van der Waals surface area contributed by atoms with Gasteiger partial charge in [-0.25, -0.2) is 14.8 Å². The molecule has 0 radical (unpaired) electrons. The number of aromatic carboxylic acids is 1. The maximum atomic E-state index is 10.7. The van der Waals surface area contributed by atoms with Crippen molar-refractivity contribution in [2.45, 2.75) is 0 Å². The molecule has 1 aromatic carbocycles. The number of aromatic nitrogens is 2. The SMILES string of the molecule is O=C(O)c1ccc(/C=C/c2cncnc2)cc1. The van der Waals surface area contributed by atoms with E-state index in [1.807, 2.05) is 12.2 Å². The van der Waals surface area contributed by atoms with Crippen molar-refractivity contribution in [2.24, 2.45) is 0 Å². The predicted octanol–water partition coefficient (Wildman–Crippen LogP) is 2.35. The Morgan fingerprint density at radius 1 is 1.00 bits per heavy atom. The number of hydrogen-bond acceptors (Lipinski definition) is 3. The molecule has 0 amide bonds. The van der Waals surface area contributed by atoms with E-state index in [9.17, 15) is 4.79 Å². The van der Waals surface area contributed by atoms with Crippen LogP contribution >= 0.6 is 0 Å². The Balaban J connectivity index is 2.14. The monoisotopic (exact) mass is 226 g/mol. The van der Waals surface area contributed by atoms with Crippen molar-refractivity contribution in [1.29, 1.82) is 0 Å². The number of carboxylic acids is 1. The molecule has 0 aliphatic heterocycles. The lowest BCUT2D eigenvalue weighted by Gasteiger charge is -1.96. The van der Waals surface area contributed by atoms with E-state index < -0.39 is 5.97 Å². The zero-order chi connectivity index (χ0) is 12.1.